The van der Waals surface area contributed by atoms with Gasteiger partial charge in [-0.2, -0.15) is 0 Å². The lowest BCUT2D eigenvalue weighted by Gasteiger charge is -2.15. The van der Waals surface area contributed by atoms with Gasteiger partial charge in [-0.1, -0.05) is 12.1 Å². The first-order valence-electron chi connectivity index (χ1n) is 5.68. The minimum Gasteiger partial charge on any atom is -0.324 e. The summed E-state index contributed by atoms with van der Waals surface area (Å²) in [7, 11) is 0. The number of hydrogen-bond acceptors (Lipinski definition) is 2. The van der Waals surface area contributed by atoms with Gasteiger partial charge in [0.15, 0.2) is 0 Å². The summed E-state index contributed by atoms with van der Waals surface area (Å²) in [5, 5.41) is 0. The topological polar surface area (TPSA) is 38.9 Å². The molecule has 1 unspecified atom stereocenters. The van der Waals surface area contributed by atoms with E-state index in [0.29, 0.717) is 10.9 Å². The minimum atomic E-state index is -0.261. The van der Waals surface area contributed by atoms with Crippen molar-refractivity contribution >= 4 is 15.9 Å². The first-order valence-corrected chi connectivity index (χ1v) is 6.48. The predicted molar refractivity (Wildman–Crippen MR) is 73.7 cm³/mol. The Kier molecular flexibility index (Phi) is 4.09. The quantitative estimate of drug-likeness (QED) is 0.942. The van der Waals surface area contributed by atoms with E-state index in [1.54, 1.807) is 18.5 Å². The first kappa shape index (κ1) is 13.2. The van der Waals surface area contributed by atoms with E-state index >= 15 is 0 Å². The van der Waals surface area contributed by atoms with Gasteiger partial charge in [-0.25, -0.2) is 4.39 Å². The Hall–Kier alpha value is -1.26. The van der Waals surface area contributed by atoms with Gasteiger partial charge in [0.2, 0.25) is 0 Å². The van der Waals surface area contributed by atoms with Crippen molar-refractivity contribution in [3.63, 3.8) is 0 Å². The molecule has 0 saturated carbocycles. The number of benzene rings is 1. The Labute approximate surface area is 114 Å². The van der Waals surface area contributed by atoms with Crippen LogP contribution in [0, 0.1) is 12.7 Å². The molecule has 2 rings (SSSR count). The van der Waals surface area contributed by atoms with E-state index in [1.807, 2.05) is 19.1 Å². The van der Waals surface area contributed by atoms with Crippen LogP contribution in [0.2, 0.25) is 0 Å². The molecule has 2 nitrogen and oxygen atoms in total. The van der Waals surface area contributed by atoms with Gasteiger partial charge in [0.05, 0.1) is 4.47 Å². The fraction of sp³-hybridized carbons (Fsp3) is 0.214. The van der Waals surface area contributed by atoms with Crippen molar-refractivity contribution in [3.8, 4) is 0 Å². The molecule has 18 heavy (non-hydrogen) atoms. The molecular formula is C14H14BrFN2. The fourth-order valence-electron chi connectivity index (χ4n) is 1.92. The van der Waals surface area contributed by atoms with Crippen LogP contribution >= 0.6 is 15.9 Å². The van der Waals surface area contributed by atoms with Crippen molar-refractivity contribution in [3.05, 3.63) is 63.6 Å². The molecule has 1 heterocycles. The highest BCUT2D eigenvalue weighted by Crippen LogP contribution is 2.25. The molecule has 94 valence electrons. The van der Waals surface area contributed by atoms with Gasteiger partial charge in [0, 0.05) is 18.4 Å². The van der Waals surface area contributed by atoms with Crippen LogP contribution in [0.1, 0.15) is 22.7 Å². The van der Waals surface area contributed by atoms with Gasteiger partial charge in [0.1, 0.15) is 5.82 Å². The van der Waals surface area contributed by atoms with Gasteiger partial charge in [-0.05, 0) is 58.1 Å². The molecule has 0 saturated heterocycles. The summed E-state index contributed by atoms with van der Waals surface area (Å²) in [5.41, 5.74) is 9.13. The maximum absolute atomic E-state index is 13.4. The number of aryl methyl sites for hydroxylation is 1. The summed E-state index contributed by atoms with van der Waals surface area (Å²) in [6.45, 7) is 2.00. The summed E-state index contributed by atoms with van der Waals surface area (Å²) < 4.78 is 13.9. The summed E-state index contributed by atoms with van der Waals surface area (Å²) in [6, 6.07) is 6.73. The number of nitrogens with zero attached hydrogens (tertiary/aromatic N) is 1. The fourth-order valence-corrected chi connectivity index (χ4v) is 2.34. The lowest BCUT2D eigenvalue weighted by molar-refractivity contribution is 0.614. The molecule has 2 N–H and O–H groups in total. The van der Waals surface area contributed by atoms with Crippen LogP contribution < -0.4 is 5.73 Å². The standard InChI is InChI=1S/C14H14BrFN2/c1-9-5-6-18-8-11(9)13(17)7-10-3-2-4-12(16)14(10)15/h2-6,8,13H,7,17H2,1H3. The van der Waals surface area contributed by atoms with Crippen LogP contribution in [-0.2, 0) is 6.42 Å². The van der Waals surface area contributed by atoms with Crippen LogP contribution in [-0.4, -0.2) is 4.98 Å². The smallest absolute Gasteiger partial charge is 0.137 e. The van der Waals surface area contributed by atoms with E-state index < -0.39 is 0 Å². The second-order valence-electron chi connectivity index (χ2n) is 4.26. The molecule has 0 aliphatic rings. The number of pyridine rings is 1. The third-order valence-corrected chi connectivity index (χ3v) is 3.84. The van der Waals surface area contributed by atoms with Gasteiger partial charge < -0.3 is 5.73 Å². The highest BCUT2D eigenvalue weighted by Gasteiger charge is 2.13. The first-order chi connectivity index (χ1) is 8.59. The predicted octanol–water partition coefficient (Wildman–Crippen LogP) is 3.53. The maximum Gasteiger partial charge on any atom is 0.137 e. The van der Waals surface area contributed by atoms with Crippen LogP contribution in [0.3, 0.4) is 0 Å². The number of nitrogens with two attached hydrogens (primary N) is 1. The van der Waals surface area contributed by atoms with Crippen molar-refractivity contribution in [2.75, 3.05) is 0 Å². The highest BCUT2D eigenvalue weighted by atomic mass is 79.9. The Morgan fingerprint density at radius 3 is 2.89 bits per heavy atom. The molecule has 1 aromatic heterocycles. The molecule has 1 atom stereocenters. The average Bonchev–Trinajstić information content (AvgIpc) is 2.35. The SMILES string of the molecule is Cc1ccncc1C(N)Cc1cccc(F)c1Br. The van der Waals surface area contributed by atoms with Crippen molar-refractivity contribution < 1.29 is 4.39 Å². The van der Waals surface area contributed by atoms with Gasteiger partial charge in [0.25, 0.3) is 0 Å². The molecule has 4 heteroatoms. The number of rotatable bonds is 3. The van der Waals surface area contributed by atoms with E-state index in [0.717, 1.165) is 16.7 Å². The minimum absolute atomic E-state index is 0.184. The molecule has 0 aliphatic heterocycles. The third kappa shape index (κ3) is 2.76. The van der Waals surface area contributed by atoms with Crippen molar-refractivity contribution in [1.29, 1.82) is 0 Å². The number of aromatic nitrogens is 1. The Morgan fingerprint density at radius 1 is 1.39 bits per heavy atom. The van der Waals surface area contributed by atoms with Gasteiger partial charge in [-0.15, -0.1) is 0 Å². The monoisotopic (exact) mass is 308 g/mol. The summed E-state index contributed by atoms with van der Waals surface area (Å²) >= 11 is 3.25. The van der Waals surface area contributed by atoms with E-state index in [1.165, 1.54) is 6.07 Å². The molecule has 0 bridgehead atoms. The number of halogens is 2. The summed E-state index contributed by atoms with van der Waals surface area (Å²) in [5.74, 6) is -0.261. The third-order valence-electron chi connectivity index (χ3n) is 2.95. The maximum atomic E-state index is 13.4. The van der Waals surface area contributed by atoms with Crippen molar-refractivity contribution in [2.45, 2.75) is 19.4 Å². The lowest BCUT2D eigenvalue weighted by atomic mass is 9.98. The van der Waals surface area contributed by atoms with Crippen LogP contribution in [0.4, 0.5) is 4.39 Å². The largest absolute Gasteiger partial charge is 0.324 e. The Morgan fingerprint density at radius 2 is 2.17 bits per heavy atom. The molecule has 0 amide bonds. The van der Waals surface area contributed by atoms with Crippen LogP contribution in [0.15, 0.2) is 41.1 Å². The van der Waals surface area contributed by atoms with Crippen LogP contribution in [0.5, 0.6) is 0 Å². The van der Waals surface area contributed by atoms with E-state index in [9.17, 15) is 4.39 Å². The van der Waals surface area contributed by atoms with Crippen molar-refractivity contribution in [1.82, 2.24) is 4.98 Å². The molecule has 1 aromatic carbocycles. The average molecular weight is 309 g/mol. The second-order valence-corrected chi connectivity index (χ2v) is 5.05. The summed E-state index contributed by atoms with van der Waals surface area (Å²) in [6.07, 6.45) is 4.09. The zero-order valence-corrected chi connectivity index (χ0v) is 11.6. The second kappa shape index (κ2) is 5.59. The Balaban J connectivity index is 2.24. The van der Waals surface area contributed by atoms with Crippen LogP contribution in [0.25, 0.3) is 0 Å². The molecular weight excluding hydrogens is 295 g/mol. The molecule has 0 spiro atoms. The zero-order valence-electron chi connectivity index (χ0n) is 10.0. The highest BCUT2D eigenvalue weighted by molar-refractivity contribution is 9.10. The zero-order chi connectivity index (χ0) is 13.1. The summed E-state index contributed by atoms with van der Waals surface area (Å²) in [4.78, 5) is 4.08. The number of hydrogen-bond donors (Lipinski definition) is 1. The molecule has 0 fully saturated rings. The lowest BCUT2D eigenvalue weighted by Crippen LogP contribution is -2.15. The van der Waals surface area contributed by atoms with Gasteiger partial charge >= 0.3 is 0 Å². The van der Waals surface area contributed by atoms with Crippen molar-refractivity contribution in [2.24, 2.45) is 5.73 Å². The van der Waals surface area contributed by atoms with E-state index in [-0.39, 0.29) is 11.9 Å². The molecule has 0 radical (unpaired) electrons. The Bertz CT molecular complexity index is 557. The van der Waals surface area contributed by atoms with Gasteiger partial charge in [-0.3, -0.25) is 4.98 Å². The van der Waals surface area contributed by atoms with E-state index in [2.05, 4.69) is 20.9 Å². The molecule has 0 aliphatic carbocycles. The normalized spacial score (nSPS) is 12.4. The molecule has 2 aromatic rings. The van der Waals surface area contributed by atoms with E-state index in [4.69, 9.17) is 5.73 Å².